The van der Waals surface area contributed by atoms with Gasteiger partial charge < -0.3 is 19.9 Å². The SMILES string of the molecule is COC(=O)Cc1ccc(Nc2cccc(N3CCN(C(C)=O)CC3)c2)c([N+](=O)[O-])c1. The first-order chi connectivity index (χ1) is 14.4. The number of nitro groups is 1. The van der Waals surface area contributed by atoms with Gasteiger partial charge in [-0.2, -0.15) is 0 Å². The van der Waals surface area contributed by atoms with Crippen molar-refractivity contribution in [2.75, 3.05) is 43.5 Å². The van der Waals surface area contributed by atoms with Gasteiger partial charge >= 0.3 is 5.97 Å². The number of amides is 1. The lowest BCUT2D eigenvalue weighted by atomic mass is 10.1. The van der Waals surface area contributed by atoms with Gasteiger partial charge in [-0.05, 0) is 29.8 Å². The lowest BCUT2D eigenvalue weighted by Gasteiger charge is -2.35. The lowest BCUT2D eigenvalue weighted by molar-refractivity contribution is -0.384. The topological polar surface area (TPSA) is 105 Å². The van der Waals surface area contributed by atoms with E-state index < -0.39 is 10.9 Å². The summed E-state index contributed by atoms with van der Waals surface area (Å²) in [4.78, 5) is 38.0. The van der Waals surface area contributed by atoms with Gasteiger partial charge in [0.1, 0.15) is 5.69 Å². The zero-order valence-electron chi connectivity index (χ0n) is 17.0. The molecule has 9 heteroatoms. The molecule has 1 N–H and O–H groups in total. The molecule has 1 aliphatic rings. The quantitative estimate of drug-likeness (QED) is 0.442. The van der Waals surface area contributed by atoms with Crippen molar-refractivity contribution < 1.29 is 19.2 Å². The maximum absolute atomic E-state index is 11.5. The van der Waals surface area contributed by atoms with E-state index in [1.54, 1.807) is 19.1 Å². The number of nitrogens with one attached hydrogen (secondary N) is 1. The summed E-state index contributed by atoms with van der Waals surface area (Å²) in [6.07, 6.45) is -0.0284. The molecular weight excluding hydrogens is 388 g/mol. The van der Waals surface area contributed by atoms with Crippen LogP contribution in [0.3, 0.4) is 0 Å². The van der Waals surface area contributed by atoms with E-state index >= 15 is 0 Å². The van der Waals surface area contributed by atoms with Crippen LogP contribution in [0.1, 0.15) is 12.5 Å². The second-order valence-electron chi connectivity index (χ2n) is 7.03. The van der Waals surface area contributed by atoms with Crippen LogP contribution < -0.4 is 10.2 Å². The molecular formula is C21H24N4O5. The number of ether oxygens (including phenoxy) is 1. The molecule has 2 aromatic carbocycles. The Morgan fingerprint density at radius 2 is 1.87 bits per heavy atom. The summed E-state index contributed by atoms with van der Waals surface area (Å²) >= 11 is 0. The van der Waals surface area contributed by atoms with Crippen LogP contribution in [0, 0.1) is 10.1 Å². The summed E-state index contributed by atoms with van der Waals surface area (Å²) in [5, 5.41) is 14.6. The molecule has 3 rings (SSSR count). The van der Waals surface area contributed by atoms with E-state index in [1.165, 1.54) is 13.2 Å². The molecule has 1 heterocycles. The van der Waals surface area contributed by atoms with E-state index in [0.29, 0.717) is 30.0 Å². The highest BCUT2D eigenvalue weighted by atomic mass is 16.6. The molecule has 0 atom stereocenters. The first kappa shape index (κ1) is 21.1. The Balaban J connectivity index is 1.76. The third kappa shape index (κ3) is 5.05. The zero-order chi connectivity index (χ0) is 21.7. The maximum atomic E-state index is 11.5. The summed E-state index contributed by atoms with van der Waals surface area (Å²) in [6.45, 7) is 4.36. The van der Waals surface area contributed by atoms with Crippen molar-refractivity contribution in [2.45, 2.75) is 13.3 Å². The lowest BCUT2D eigenvalue weighted by Crippen LogP contribution is -2.48. The van der Waals surface area contributed by atoms with Crippen LogP contribution in [0.25, 0.3) is 0 Å². The summed E-state index contributed by atoms with van der Waals surface area (Å²) in [6, 6.07) is 12.3. The van der Waals surface area contributed by atoms with Crippen molar-refractivity contribution in [1.29, 1.82) is 0 Å². The Morgan fingerprint density at radius 3 is 2.50 bits per heavy atom. The minimum atomic E-state index is -0.478. The van der Waals surface area contributed by atoms with Gasteiger partial charge in [0.25, 0.3) is 5.69 Å². The predicted molar refractivity (Wildman–Crippen MR) is 113 cm³/mol. The van der Waals surface area contributed by atoms with Crippen LogP contribution in [0.15, 0.2) is 42.5 Å². The average molecular weight is 412 g/mol. The molecule has 0 unspecified atom stereocenters. The zero-order valence-corrected chi connectivity index (χ0v) is 17.0. The van der Waals surface area contributed by atoms with Gasteiger partial charge in [0.2, 0.25) is 5.91 Å². The Morgan fingerprint density at radius 1 is 1.13 bits per heavy atom. The number of nitrogens with zero attached hydrogens (tertiary/aromatic N) is 3. The fraction of sp³-hybridized carbons (Fsp3) is 0.333. The first-order valence-electron chi connectivity index (χ1n) is 9.59. The summed E-state index contributed by atoms with van der Waals surface area (Å²) in [5.74, 6) is -0.379. The largest absolute Gasteiger partial charge is 0.469 e. The smallest absolute Gasteiger partial charge is 0.309 e. The number of piperazine rings is 1. The van der Waals surface area contributed by atoms with Crippen molar-refractivity contribution >= 4 is 34.6 Å². The van der Waals surface area contributed by atoms with Crippen molar-refractivity contribution in [1.82, 2.24) is 4.90 Å². The number of hydrogen-bond donors (Lipinski definition) is 1. The summed E-state index contributed by atoms with van der Waals surface area (Å²) in [5.41, 5.74) is 2.43. The molecule has 0 spiro atoms. The van der Waals surface area contributed by atoms with Gasteiger partial charge in [0.15, 0.2) is 0 Å². The van der Waals surface area contributed by atoms with E-state index in [2.05, 4.69) is 15.0 Å². The Hall–Kier alpha value is -3.62. The van der Waals surface area contributed by atoms with E-state index in [9.17, 15) is 19.7 Å². The van der Waals surface area contributed by atoms with Gasteiger partial charge in [-0.3, -0.25) is 19.7 Å². The standard InChI is InChI=1S/C21H24N4O5/c1-15(26)23-8-10-24(11-9-23)18-5-3-4-17(14-18)22-19-7-6-16(13-21(27)30-2)12-20(19)25(28)29/h3-7,12,14,22H,8-11,13H2,1-2H3. The minimum Gasteiger partial charge on any atom is -0.469 e. The monoisotopic (exact) mass is 412 g/mol. The van der Waals surface area contributed by atoms with Crippen molar-refractivity contribution in [2.24, 2.45) is 0 Å². The Labute approximate surface area is 174 Å². The number of esters is 1. The van der Waals surface area contributed by atoms with Crippen molar-refractivity contribution in [3.63, 3.8) is 0 Å². The molecule has 0 saturated carbocycles. The molecule has 30 heavy (non-hydrogen) atoms. The molecule has 0 radical (unpaired) electrons. The molecule has 1 amide bonds. The highest BCUT2D eigenvalue weighted by Gasteiger charge is 2.20. The Bertz CT molecular complexity index is 954. The first-order valence-corrected chi connectivity index (χ1v) is 9.59. The van der Waals surface area contributed by atoms with Crippen LogP contribution in [-0.2, 0) is 20.7 Å². The van der Waals surface area contributed by atoms with Gasteiger partial charge in [-0.25, -0.2) is 0 Å². The van der Waals surface area contributed by atoms with Crippen molar-refractivity contribution in [3.05, 3.63) is 58.1 Å². The van der Waals surface area contributed by atoms with E-state index in [0.717, 1.165) is 18.8 Å². The molecule has 0 bridgehead atoms. The molecule has 1 fully saturated rings. The highest BCUT2D eigenvalue weighted by molar-refractivity contribution is 5.76. The molecule has 1 aliphatic heterocycles. The second-order valence-corrected chi connectivity index (χ2v) is 7.03. The number of nitro benzene ring substituents is 1. The van der Waals surface area contributed by atoms with Crippen LogP contribution in [0.4, 0.5) is 22.7 Å². The fourth-order valence-corrected chi connectivity index (χ4v) is 3.40. The van der Waals surface area contributed by atoms with Crippen LogP contribution in [-0.4, -0.2) is 55.0 Å². The van der Waals surface area contributed by atoms with Crippen LogP contribution >= 0.6 is 0 Å². The van der Waals surface area contributed by atoms with Crippen LogP contribution in [0.2, 0.25) is 0 Å². The van der Waals surface area contributed by atoms with Gasteiger partial charge in [0, 0.05) is 50.5 Å². The third-order valence-corrected chi connectivity index (χ3v) is 5.05. The van der Waals surface area contributed by atoms with Gasteiger partial charge in [0.05, 0.1) is 18.5 Å². The van der Waals surface area contributed by atoms with Gasteiger partial charge in [-0.15, -0.1) is 0 Å². The maximum Gasteiger partial charge on any atom is 0.309 e. The summed E-state index contributed by atoms with van der Waals surface area (Å²) < 4.78 is 4.62. The average Bonchev–Trinajstić information content (AvgIpc) is 2.74. The van der Waals surface area contributed by atoms with E-state index in [-0.39, 0.29) is 18.0 Å². The Kier molecular flexibility index (Phi) is 6.51. The molecule has 1 saturated heterocycles. The third-order valence-electron chi connectivity index (χ3n) is 5.05. The van der Waals surface area contributed by atoms with E-state index in [4.69, 9.17) is 0 Å². The number of methoxy groups -OCH3 is 1. The van der Waals surface area contributed by atoms with Crippen molar-refractivity contribution in [3.8, 4) is 0 Å². The highest BCUT2D eigenvalue weighted by Crippen LogP contribution is 2.30. The number of benzene rings is 2. The number of anilines is 3. The minimum absolute atomic E-state index is 0.0284. The molecule has 9 nitrogen and oxygen atoms in total. The molecule has 2 aromatic rings. The van der Waals surface area contributed by atoms with Gasteiger partial charge in [-0.1, -0.05) is 12.1 Å². The number of hydrogen-bond acceptors (Lipinski definition) is 7. The molecule has 0 aromatic heterocycles. The molecule has 158 valence electrons. The van der Waals surface area contributed by atoms with Crippen LogP contribution in [0.5, 0.6) is 0 Å². The second kappa shape index (κ2) is 9.25. The summed E-state index contributed by atoms with van der Waals surface area (Å²) in [7, 11) is 1.28. The predicted octanol–water partition coefficient (Wildman–Crippen LogP) is 2.72. The normalized spacial score (nSPS) is 13.7. The molecule has 0 aliphatic carbocycles. The number of carbonyl (C=O) groups is 2. The number of carbonyl (C=O) groups excluding carboxylic acids is 2. The fourth-order valence-electron chi connectivity index (χ4n) is 3.40. The number of rotatable bonds is 6. The van der Waals surface area contributed by atoms with E-state index in [1.807, 2.05) is 29.2 Å².